The zero-order valence-electron chi connectivity index (χ0n) is 13.1. The highest BCUT2D eigenvalue weighted by atomic mass is 32.2. The Kier molecular flexibility index (Phi) is 5.06. The molecule has 23 heavy (non-hydrogen) atoms. The number of carbonyl (C=O) groups is 2. The molecule has 1 atom stereocenters. The van der Waals surface area contributed by atoms with Crippen molar-refractivity contribution < 1.29 is 23.1 Å². The van der Waals surface area contributed by atoms with E-state index in [1.807, 2.05) is 0 Å². The number of benzene rings is 1. The van der Waals surface area contributed by atoms with Crippen molar-refractivity contribution in [2.45, 2.75) is 30.2 Å². The molecule has 1 N–H and O–H groups in total. The monoisotopic (exact) mass is 340 g/mol. The smallest absolute Gasteiger partial charge is 0.322 e. The Morgan fingerprint density at radius 3 is 2.30 bits per heavy atom. The van der Waals surface area contributed by atoms with Crippen LogP contribution in [0.3, 0.4) is 0 Å². The molecule has 0 aliphatic carbocycles. The largest absolute Gasteiger partial charge is 0.480 e. The minimum absolute atomic E-state index is 0.000885. The van der Waals surface area contributed by atoms with E-state index in [0.29, 0.717) is 24.8 Å². The Balaban J connectivity index is 2.32. The summed E-state index contributed by atoms with van der Waals surface area (Å²) >= 11 is 0. The summed E-state index contributed by atoms with van der Waals surface area (Å²) < 4.78 is 26.4. The van der Waals surface area contributed by atoms with E-state index in [-0.39, 0.29) is 17.3 Å². The number of rotatable bonds is 4. The van der Waals surface area contributed by atoms with E-state index in [1.165, 1.54) is 29.2 Å². The molecule has 7 nitrogen and oxygen atoms in total. The SMILES string of the molecule is CN(C)C(=O)c1ccc(S(=O)(=O)N2CCCCC2C(=O)O)cc1. The zero-order valence-corrected chi connectivity index (χ0v) is 13.9. The highest BCUT2D eigenvalue weighted by molar-refractivity contribution is 7.89. The van der Waals surface area contributed by atoms with Gasteiger partial charge in [-0.2, -0.15) is 4.31 Å². The van der Waals surface area contributed by atoms with Crippen molar-refractivity contribution in [1.29, 1.82) is 0 Å². The Morgan fingerprint density at radius 2 is 1.78 bits per heavy atom. The fourth-order valence-electron chi connectivity index (χ4n) is 2.60. The van der Waals surface area contributed by atoms with E-state index in [4.69, 9.17) is 0 Å². The molecular weight excluding hydrogens is 320 g/mol. The quantitative estimate of drug-likeness (QED) is 0.883. The van der Waals surface area contributed by atoms with Gasteiger partial charge in [0.25, 0.3) is 5.91 Å². The second kappa shape index (κ2) is 6.67. The predicted octanol–water partition coefficient (Wildman–Crippen LogP) is 1.02. The lowest BCUT2D eigenvalue weighted by atomic mass is 10.1. The van der Waals surface area contributed by atoms with Crippen molar-refractivity contribution in [2.24, 2.45) is 0 Å². The van der Waals surface area contributed by atoms with Crippen molar-refractivity contribution in [3.63, 3.8) is 0 Å². The minimum Gasteiger partial charge on any atom is -0.480 e. The van der Waals surface area contributed by atoms with Gasteiger partial charge in [0.2, 0.25) is 10.0 Å². The first kappa shape index (κ1) is 17.4. The van der Waals surface area contributed by atoms with E-state index in [1.54, 1.807) is 14.1 Å². The van der Waals surface area contributed by atoms with Gasteiger partial charge in [-0.1, -0.05) is 0 Å². The van der Waals surface area contributed by atoms with Crippen molar-refractivity contribution in [2.75, 3.05) is 20.6 Å². The molecular formula is C15H20N2O5S. The van der Waals surface area contributed by atoms with Crippen LogP contribution < -0.4 is 0 Å². The van der Waals surface area contributed by atoms with Crippen LogP contribution in [0.25, 0.3) is 0 Å². The summed E-state index contributed by atoms with van der Waals surface area (Å²) in [4.78, 5) is 24.5. The molecule has 0 radical (unpaired) electrons. The van der Waals surface area contributed by atoms with E-state index >= 15 is 0 Å². The Hall–Kier alpha value is -1.93. The lowest BCUT2D eigenvalue weighted by Gasteiger charge is -2.31. The highest BCUT2D eigenvalue weighted by Gasteiger charge is 2.37. The predicted molar refractivity (Wildman–Crippen MR) is 83.6 cm³/mol. The molecule has 0 saturated carbocycles. The molecule has 1 aromatic carbocycles. The summed E-state index contributed by atoms with van der Waals surface area (Å²) in [7, 11) is -0.673. The van der Waals surface area contributed by atoms with Gasteiger partial charge in [0, 0.05) is 26.2 Å². The number of sulfonamides is 1. The summed E-state index contributed by atoms with van der Waals surface area (Å²) in [6.45, 7) is 0.192. The van der Waals surface area contributed by atoms with Crippen LogP contribution in [0, 0.1) is 0 Å². The average molecular weight is 340 g/mol. The standard InChI is InChI=1S/C15H20N2O5S/c1-16(2)14(18)11-6-8-12(9-7-11)23(21,22)17-10-4-3-5-13(17)15(19)20/h6-9,13H,3-5,10H2,1-2H3,(H,19,20). The van der Waals surface area contributed by atoms with Gasteiger partial charge >= 0.3 is 5.97 Å². The van der Waals surface area contributed by atoms with Crippen LogP contribution in [0.4, 0.5) is 0 Å². The van der Waals surface area contributed by atoms with Crippen LogP contribution in [0.15, 0.2) is 29.2 Å². The topological polar surface area (TPSA) is 95.0 Å². The number of carboxylic acids is 1. The number of carbonyl (C=O) groups excluding carboxylic acids is 1. The molecule has 0 spiro atoms. The third-order valence-corrected chi connectivity index (χ3v) is 5.78. The maximum Gasteiger partial charge on any atom is 0.322 e. The second-order valence-electron chi connectivity index (χ2n) is 5.69. The Labute approximate surface area is 135 Å². The molecule has 8 heteroatoms. The van der Waals surface area contributed by atoms with Crippen molar-refractivity contribution >= 4 is 21.9 Å². The molecule has 1 saturated heterocycles. The van der Waals surface area contributed by atoms with Crippen LogP contribution in [-0.2, 0) is 14.8 Å². The maximum absolute atomic E-state index is 12.7. The van der Waals surface area contributed by atoms with E-state index in [0.717, 1.165) is 4.31 Å². The number of nitrogens with zero attached hydrogens (tertiary/aromatic N) is 2. The van der Waals surface area contributed by atoms with Crippen LogP contribution >= 0.6 is 0 Å². The highest BCUT2D eigenvalue weighted by Crippen LogP contribution is 2.25. The van der Waals surface area contributed by atoms with Gasteiger partial charge < -0.3 is 10.0 Å². The third-order valence-electron chi connectivity index (χ3n) is 3.85. The lowest BCUT2D eigenvalue weighted by Crippen LogP contribution is -2.47. The van der Waals surface area contributed by atoms with E-state index < -0.39 is 22.0 Å². The molecule has 1 aliphatic heterocycles. The lowest BCUT2D eigenvalue weighted by molar-refractivity contribution is -0.142. The van der Waals surface area contributed by atoms with Gasteiger partial charge in [-0.15, -0.1) is 0 Å². The molecule has 1 amide bonds. The second-order valence-corrected chi connectivity index (χ2v) is 7.58. The molecule has 1 heterocycles. The fourth-order valence-corrected chi connectivity index (χ4v) is 4.25. The molecule has 0 aromatic heterocycles. The number of piperidine rings is 1. The molecule has 0 bridgehead atoms. The number of aliphatic carboxylic acids is 1. The van der Waals surface area contributed by atoms with Crippen molar-refractivity contribution in [3.05, 3.63) is 29.8 Å². The van der Waals surface area contributed by atoms with Crippen LogP contribution in [0.2, 0.25) is 0 Å². The van der Waals surface area contributed by atoms with Crippen molar-refractivity contribution in [3.8, 4) is 0 Å². The molecule has 2 rings (SSSR count). The van der Waals surface area contributed by atoms with Crippen LogP contribution in [0.1, 0.15) is 29.6 Å². The summed E-state index contributed by atoms with van der Waals surface area (Å²) in [6.07, 6.45) is 1.64. The Morgan fingerprint density at radius 1 is 1.17 bits per heavy atom. The minimum atomic E-state index is -3.89. The first-order valence-electron chi connectivity index (χ1n) is 7.31. The van der Waals surface area contributed by atoms with Crippen molar-refractivity contribution in [1.82, 2.24) is 9.21 Å². The van der Waals surface area contributed by atoms with Gasteiger partial charge in [-0.25, -0.2) is 8.42 Å². The van der Waals surface area contributed by atoms with Gasteiger partial charge in [0.1, 0.15) is 6.04 Å². The maximum atomic E-state index is 12.7. The number of carboxylic acid groups (broad SMARTS) is 1. The number of hydrogen-bond acceptors (Lipinski definition) is 4. The fraction of sp³-hybridized carbons (Fsp3) is 0.467. The average Bonchev–Trinajstić information content (AvgIpc) is 2.54. The summed E-state index contributed by atoms with van der Waals surface area (Å²) in [5.41, 5.74) is 0.377. The number of hydrogen-bond donors (Lipinski definition) is 1. The molecule has 1 unspecified atom stereocenters. The first-order chi connectivity index (χ1) is 10.7. The van der Waals surface area contributed by atoms with Gasteiger partial charge in [-0.3, -0.25) is 9.59 Å². The molecule has 126 valence electrons. The van der Waals surface area contributed by atoms with Crippen LogP contribution in [0.5, 0.6) is 0 Å². The molecule has 1 fully saturated rings. The van der Waals surface area contributed by atoms with Gasteiger partial charge in [0.05, 0.1) is 4.90 Å². The molecule has 1 aliphatic rings. The molecule has 1 aromatic rings. The normalized spacial score (nSPS) is 19.3. The summed E-state index contributed by atoms with van der Waals surface area (Å²) in [6, 6.07) is 4.54. The Bertz CT molecular complexity index is 697. The van der Waals surface area contributed by atoms with E-state index in [2.05, 4.69) is 0 Å². The summed E-state index contributed by atoms with van der Waals surface area (Å²) in [5.74, 6) is -1.36. The third kappa shape index (κ3) is 3.53. The number of amides is 1. The van der Waals surface area contributed by atoms with E-state index in [9.17, 15) is 23.1 Å². The zero-order chi connectivity index (χ0) is 17.2. The first-order valence-corrected chi connectivity index (χ1v) is 8.75. The van der Waals surface area contributed by atoms with Crippen LogP contribution in [-0.4, -0.2) is 61.3 Å². The summed E-state index contributed by atoms with van der Waals surface area (Å²) in [5, 5.41) is 9.24. The van der Waals surface area contributed by atoms with Gasteiger partial charge in [-0.05, 0) is 43.5 Å². The van der Waals surface area contributed by atoms with Gasteiger partial charge in [0.15, 0.2) is 0 Å².